The van der Waals surface area contributed by atoms with Crippen LogP contribution >= 0.6 is 0 Å². The van der Waals surface area contributed by atoms with E-state index in [2.05, 4.69) is 65.2 Å². The van der Waals surface area contributed by atoms with Gasteiger partial charge < -0.3 is 15.0 Å². The van der Waals surface area contributed by atoms with E-state index in [0.29, 0.717) is 24.3 Å². The summed E-state index contributed by atoms with van der Waals surface area (Å²) < 4.78 is 0. The Balaban J connectivity index is 1.54. The number of Topliss-reactive ketones (excluding diaryl/α,β-unsaturated/α-hetero) is 1. The molecule has 144 valence electrons. The van der Waals surface area contributed by atoms with Gasteiger partial charge in [0.2, 0.25) is 5.95 Å². The van der Waals surface area contributed by atoms with Crippen molar-refractivity contribution in [2.24, 2.45) is 0 Å². The van der Waals surface area contributed by atoms with E-state index in [1.54, 1.807) is 6.92 Å². The molecule has 0 saturated carbocycles. The molecule has 5 nitrogen and oxygen atoms in total. The first kappa shape index (κ1) is 19.3. The summed E-state index contributed by atoms with van der Waals surface area (Å²) in [4.78, 5) is 22.5. The Hall–Kier alpha value is -2.43. The molecule has 27 heavy (non-hydrogen) atoms. The maximum atomic E-state index is 11.3. The molecule has 5 heteroatoms. The minimum Gasteiger partial charge on any atom is -0.368 e. The third kappa shape index (κ3) is 4.85. The van der Waals surface area contributed by atoms with Crippen LogP contribution in [0, 0.1) is 0 Å². The number of anilines is 2. The molecule has 2 unspecified atom stereocenters. The quantitative estimate of drug-likeness (QED) is 0.751. The highest BCUT2D eigenvalue weighted by Crippen LogP contribution is 2.32. The first-order chi connectivity index (χ1) is 13.0. The summed E-state index contributed by atoms with van der Waals surface area (Å²) >= 11 is 0. The van der Waals surface area contributed by atoms with E-state index in [1.165, 1.54) is 11.1 Å². The summed E-state index contributed by atoms with van der Waals surface area (Å²) in [7, 11) is 0. The van der Waals surface area contributed by atoms with Crippen molar-refractivity contribution in [3.8, 4) is 0 Å². The highest BCUT2D eigenvalue weighted by molar-refractivity contribution is 5.76. The van der Waals surface area contributed by atoms with Gasteiger partial charge in [-0.15, -0.1) is 0 Å². The molecule has 1 fully saturated rings. The summed E-state index contributed by atoms with van der Waals surface area (Å²) in [6.07, 6.45) is 5.46. The topological polar surface area (TPSA) is 58.1 Å². The van der Waals surface area contributed by atoms with Crippen molar-refractivity contribution in [2.45, 2.75) is 58.4 Å². The first-order valence-corrected chi connectivity index (χ1v) is 9.89. The monoisotopic (exact) mass is 366 g/mol. The largest absolute Gasteiger partial charge is 0.368 e. The third-order valence-corrected chi connectivity index (χ3v) is 5.44. The second kappa shape index (κ2) is 8.51. The number of ketones is 1. The van der Waals surface area contributed by atoms with Crippen LogP contribution in [0.15, 0.2) is 36.7 Å². The highest BCUT2D eigenvalue weighted by Gasteiger charge is 2.28. The van der Waals surface area contributed by atoms with E-state index in [1.807, 2.05) is 12.4 Å². The van der Waals surface area contributed by atoms with Crippen molar-refractivity contribution in [1.82, 2.24) is 9.97 Å². The molecule has 1 N–H and O–H groups in total. The fourth-order valence-electron chi connectivity index (χ4n) is 3.43. The highest BCUT2D eigenvalue weighted by atomic mass is 16.1. The lowest BCUT2D eigenvalue weighted by atomic mass is 9.88. The molecule has 0 radical (unpaired) electrons. The zero-order valence-electron chi connectivity index (χ0n) is 16.8. The zero-order valence-corrected chi connectivity index (χ0v) is 16.8. The van der Waals surface area contributed by atoms with Gasteiger partial charge in [-0.2, -0.15) is 0 Å². The molecule has 2 heterocycles. The third-order valence-electron chi connectivity index (χ3n) is 5.44. The fraction of sp³-hybridized carbons (Fsp3) is 0.500. The van der Waals surface area contributed by atoms with Crippen molar-refractivity contribution < 1.29 is 4.79 Å². The van der Waals surface area contributed by atoms with Gasteiger partial charge in [0.15, 0.2) is 0 Å². The van der Waals surface area contributed by atoms with Gasteiger partial charge in [0.1, 0.15) is 5.78 Å². The normalized spacial score (nSPS) is 16.5. The molecule has 0 amide bonds. The molecule has 2 atom stereocenters. The maximum absolute atomic E-state index is 11.3. The van der Waals surface area contributed by atoms with Crippen molar-refractivity contribution in [3.05, 3.63) is 47.8 Å². The van der Waals surface area contributed by atoms with Gasteiger partial charge in [-0.05, 0) is 37.3 Å². The van der Waals surface area contributed by atoms with Gasteiger partial charge in [0.25, 0.3) is 0 Å². The molecule has 1 aliphatic heterocycles. The molecule has 1 aliphatic rings. The molecule has 1 saturated heterocycles. The lowest BCUT2D eigenvalue weighted by Gasteiger charge is -2.41. The summed E-state index contributed by atoms with van der Waals surface area (Å²) in [6.45, 7) is 10.0. The smallest absolute Gasteiger partial charge is 0.222 e. The molecule has 0 bridgehead atoms. The second-order valence-electron chi connectivity index (χ2n) is 7.79. The average molecular weight is 367 g/mol. The predicted molar refractivity (Wildman–Crippen MR) is 111 cm³/mol. The number of hydrogen-bond acceptors (Lipinski definition) is 5. The van der Waals surface area contributed by atoms with Crippen LogP contribution in [-0.2, 0) is 4.79 Å². The Morgan fingerprint density at radius 2 is 1.81 bits per heavy atom. The summed E-state index contributed by atoms with van der Waals surface area (Å²) in [6, 6.07) is 9.15. The van der Waals surface area contributed by atoms with Gasteiger partial charge in [-0.25, -0.2) is 9.97 Å². The zero-order chi connectivity index (χ0) is 19.4. The molecule has 0 spiro atoms. The molecule has 0 aliphatic carbocycles. The van der Waals surface area contributed by atoms with E-state index < -0.39 is 0 Å². The molecular formula is C22H30N4O. The van der Waals surface area contributed by atoms with Crippen molar-refractivity contribution in [2.75, 3.05) is 23.3 Å². The second-order valence-corrected chi connectivity index (χ2v) is 7.79. The number of nitrogens with zero attached hydrogens (tertiary/aromatic N) is 3. The van der Waals surface area contributed by atoms with Gasteiger partial charge in [0.05, 0.1) is 18.1 Å². The maximum Gasteiger partial charge on any atom is 0.222 e. The molecule has 1 aromatic carbocycles. The number of benzene rings is 1. The van der Waals surface area contributed by atoms with E-state index >= 15 is 0 Å². The number of carbonyl (C=O) groups is 1. The summed E-state index contributed by atoms with van der Waals surface area (Å²) in [5, 5.41) is 3.29. The van der Waals surface area contributed by atoms with E-state index in [4.69, 9.17) is 0 Å². The van der Waals surface area contributed by atoms with Gasteiger partial charge in [-0.1, -0.05) is 38.1 Å². The van der Waals surface area contributed by atoms with E-state index in [0.717, 1.165) is 25.2 Å². The van der Waals surface area contributed by atoms with Crippen molar-refractivity contribution >= 4 is 17.4 Å². The SMILES string of the molecule is CCC(C)Nc1ncc(N2CC(c3ccc(C(C)CC(C)=O)cc3)C2)cn1. The molecule has 3 rings (SSSR count). The van der Waals surface area contributed by atoms with Crippen LogP contribution in [-0.4, -0.2) is 34.9 Å². The number of rotatable bonds is 8. The minimum atomic E-state index is 0.244. The molecule has 2 aromatic rings. The van der Waals surface area contributed by atoms with Gasteiger partial charge in [-0.3, -0.25) is 0 Å². The first-order valence-electron chi connectivity index (χ1n) is 9.89. The summed E-state index contributed by atoms with van der Waals surface area (Å²) in [5.74, 6) is 1.77. The molecule has 1 aromatic heterocycles. The van der Waals surface area contributed by atoms with Crippen molar-refractivity contribution in [1.29, 1.82) is 0 Å². The van der Waals surface area contributed by atoms with Gasteiger partial charge in [0, 0.05) is 31.5 Å². The minimum absolute atomic E-state index is 0.244. The standard InChI is InChI=1S/C22H30N4O/c1-5-16(3)25-22-23-11-21(12-24-22)26-13-20(14-26)19-8-6-18(7-9-19)15(2)10-17(4)27/h6-9,11-12,15-16,20H,5,10,13-14H2,1-4H3,(H,23,24,25). The van der Waals surface area contributed by atoms with Crippen LogP contribution in [0.4, 0.5) is 11.6 Å². The number of aromatic nitrogens is 2. The fourth-order valence-corrected chi connectivity index (χ4v) is 3.43. The number of carbonyl (C=O) groups excluding carboxylic acids is 1. The predicted octanol–water partition coefficient (Wildman–Crippen LogP) is 4.37. The molecular weight excluding hydrogens is 336 g/mol. The lowest BCUT2D eigenvalue weighted by Crippen LogP contribution is -2.45. The summed E-state index contributed by atoms with van der Waals surface area (Å²) in [5.41, 5.74) is 3.68. The van der Waals surface area contributed by atoms with E-state index in [-0.39, 0.29) is 11.7 Å². The van der Waals surface area contributed by atoms with Crippen LogP contribution in [0.5, 0.6) is 0 Å². The number of nitrogens with one attached hydrogen (secondary N) is 1. The Morgan fingerprint density at radius 3 is 2.37 bits per heavy atom. The van der Waals surface area contributed by atoms with Crippen LogP contribution in [0.25, 0.3) is 0 Å². The Morgan fingerprint density at radius 1 is 1.19 bits per heavy atom. The van der Waals surface area contributed by atoms with Crippen LogP contribution in [0.1, 0.15) is 63.5 Å². The van der Waals surface area contributed by atoms with Crippen LogP contribution < -0.4 is 10.2 Å². The number of hydrogen-bond donors (Lipinski definition) is 1. The van der Waals surface area contributed by atoms with Gasteiger partial charge >= 0.3 is 0 Å². The van der Waals surface area contributed by atoms with Crippen molar-refractivity contribution in [3.63, 3.8) is 0 Å². The Kier molecular flexibility index (Phi) is 6.09. The van der Waals surface area contributed by atoms with Crippen LogP contribution in [0.3, 0.4) is 0 Å². The Bertz CT molecular complexity index is 751. The lowest BCUT2D eigenvalue weighted by molar-refractivity contribution is -0.117. The van der Waals surface area contributed by atoms with Crippen LogP contribution in [0.2, 0.25) is 0 Å². The average Bonchev–Trinajstić information content (AvgIpc) is 2.61. The Labute approximate surface area is 162 Å². The van der Waals surface area contributed by atoms with E-state index in [9.17, 15) is 4.79 Å².